The third-order valence-corrected chi connectivity index (χ3v) is 28.1. The predicted molar refractivity (Wildman–Crippen MR) is 504 cm³/mol. The highest BCUT2D eigenvalue weighted by molar-refractivity contribution is 7.26. The lowest BCUT2D eigenvalue weighted by atomic mass is 9.90. The fraction of sp³-hybridized carbons (Fsp3) is 0. The second-order valence-corrected chi connectivity index (χ2v) is 33.6. The zero-order valence-electron chi connectivity index (χ0n) is 63.0. The van der Waals surface area contributed by atoms with Crippen LogP contribution in [0.2, 0.25) is 0 Å². The Labute approximate surface area is 678 Å². The van der Waals surface area contributed by atoms with Gasteiger partial charge in [-0.2, -0.15) is 0 Å². The maximum absolute atomic E-state index is 15.2. The van der Waals surface area contributed by atoms with Crippen LogP contribution in [-0.4, -0.2) is 4.57 Å². The summed E-state index contributed by atoms with van der Waals surface area (Å²) in [7, 11) is 0. The Kier molecular flexibility index (Phi) is 13.6. The van der Waals surface area contributed by atoms with Gasteiger partial charge in [-0.05, 0) is 141 Å². The smallest absolute Gasteiger partial charge is 0.195 e. The molecule has 0 aliphatic carbocycles. The summed E-state index contributed by atoms with van der Waals surface area (Å²) < 4.78 is 13.6. The number of fused-ring (bicyclic) bond motifs is 21. The lowest BCUT2D eigenvalue weighted by molar-refractivity contribution is 0.670. The number of thiophene rings is 2. The van der Waals surface area contributed by atoms with Crippen molar-refractivity contribution in [2.45, 2.75) is 0 Å². The van der Waals surface area contributed by atoms with Gasteiger partial charge in [0.25, 0.3) is 0 Å². The highest BCUT2D eigenvalue weighted by Crippen LogP contribution is 2.52. The molecule has 0 spiro atoms. The van der Waals surface area contributed by atoms with Crippen LogP contribution in [0.1, 0.15) is 0 Å². The monoisotopic (exact) mass is 1530 g/mol. The van der Waals surface area contributed by atoms with E-state index in [1.165, 1.54) is 83.6 Å². The molecule has 0 saturated carbocycles. The quantitative estimate of drug-likeness (QED) is 0.161. The molecule has 24 aromatic carbocycles. The minimum atomic E-state index is 0.121. The summed E-state index contributed by atoms with van der Waals surface area (Å²) >= 11 is 3.63. The number of para-hydroxylation sites is 4. The van der Waals surface area contributed by atoms with Crippen LogP contribution >= 0.6 is 22.7 Å². The van der Waals surface area contributed by atoms with Crippen LogP contribution in [0.5, 0.6) is 0 Å². The summed E-state index contributed by atoms with van der Waals surface area (Å²) in [5, 5.41) is 35.2. The first-order chi connectivity index (χ1) is 58.3. The predicted octanol–water partition coefficient (Wildman–Crippen LogP) is 30.0. The van der Waals surface area contributed by atoms with Crippen LogP contribution in [0.3, 0.4) is 0 Å². The molecule has 5 nitrogen and oxygen atoms in total. The number of rotatable bonds is 5. The van der Waals surface area contributed by atoms with Crippen molar-refractivity contribution in [3.05, 3.63) is 389 Å². The molecule has 0 aliphatic rings. The fourth-order valence-corrected chi connectivity index (χ4v) is 23.2. The van der Waals surface area contributed by atoms with Gasteiger partial charge in [-0.1, -0.05) is 309 Å². The number of benzene rings is 21. The molecule has 4 heterocycles. The minimum Gasteiger partial charge on any atom is -0.455 e. The van der Waals surface area contributed by atoms with Gasteiger partial charge in [0.2, 0.25) is 0 Å². The van der Waals surface area contributed by atoms with Crippen molar-refractivity contribution in [1.29, 1.82) is 0 Å². The van der Waals surface area contributed by atoms with Crippen LogP contribution in [0.15, 0.2) is 377 Å². The third-order valence-electron chi connectivity index (χ3n) is 25.7. The molecule has 0 fully saturated rings. The van der Waals surface area contributed by atoms with Crippen molar-refractivity contribution < 1.29 is 4.42 Å². The maximum atomic E-state index is 15.2. The lowest BCUT2D eigenvalue weighted by Crippen LogP contribution is -1.98. The second kappa shape index (κ2) is 24.5. The number of aromatic nitrogens is 1. The van der Waals surface area contributed by atoms with Crippen molar-refractivity contribution in [2.24, 2.45) is 0 Å². The van der Waals surface area contributed by atoms with E-state index in [0.717, 1.165) is 180 Å². The van der Waals surface area contributed by atoms with E-state index in [9.17, 15) is 9.59 Å². The van der Waals surface area contributed by atoms with Gasteiger partial charge in [0.1, 0.15) is 11.2 Å². The van der Waals surface area contributed by atoms with Gasteiger partial charge in [0.15, 0.2) is 16.3 Å². The van der Waals surface area contributed by atoms with Crippen molar-refractivity contribution in [3.8, 4) is 50.2 Å². The van der Waals surface area contributed by atoms with Gasteiger partial charge >= 0.3 is 0 Å². The normalized spacial score (nSPS) is 12.3. The van der Waals surface area contributed by atoms with E-state index in [2.05, 4.69) is 302 Å². The third kappa shape index (κ3) is 8.95. The molecule has 7 heteroatoms. The molecule has 0 N–H and O–H groups in total. The van der Waals surface area contributed by atoms with Gasteiger partial charge in [0, 0.05) is 149 Å². The molecule has 28 rings (SSSR count). The Balaban J connectivity index is 0.0000000976. The molecule has 0 saturated heterocycles. The Morgan fingerprint density at radius 1 is 0.203 bits per heavy atom. The molecular formula is C111H59NO4S2. The molecule has 0 radical (unpaired) electrons. The first-order valence-electron chi connectivity index (χ1n) is 40.1. The molecule has 0 unspecified atom stereocenters. The van der Waals surface area contributed by atoms with E-state index < -0.39 is 0 Å². The molecule has 0 atom stereocenters. The summed E-state index contributed by atoms with van der Waals surface area (Å²) in [5.74, 6) is 0. The number of furan rings is 1. The van der Waals surface area contributed by atoms with Gasteiger partial charge in [-0.15, -0.1) is 22.7 Å². The molecule has 544 valence electrons. The Hall–Kier alpha value is -15.0. The van der Waals surface area contributed by atoms with Gasteiger partial charge in [-0.25, -0.2) is 0 Å². The number of nitrogens with zero attached hydrogens (tertiary/aromatic N) is 1. The highest BCUT2D eigenvalue weighted by atomic mass is 32.1. The Morgan fingerprint density at radius 3 is 1.16 bits per heavy atom. The fourth-order valence-electron chi connectivity index (χ4n) is 20.7. The summed E-state index contributed by atoms with van der Waals surface area (Å²) in [6.45, 7) is 0. The maximum Gasteiger partial charge on any atom is 0.195 e. The zero-order chi connectivity index (χ0) is 77.4. The average molecular weight is 1530 g/mol. The summed E-state index contributed by atoms with van der Waals surface area (Å²) in [5.41, 5.74) is 14.2. The Bertz CT molecular complexity index is 9150. The Morgan fingerprint density at radius 2 is 0.576 bits per heavy atom. The van der Waals surface area contributed by atoms with Crippen LogP contribution in [0.4, 0.5) is 0 Å². The molecule has 0 bridgehead atoms. The molecule has 0 aliphatic heterocycles. The van der Waals surface area contributed by atoms with Crippen LogP contribution in [0.25, 0.3) is 264 Å². The minimum absolute atomic E-state index is 0.121. The SMILES string of the molecule is O=c1c2c(-c3cccc4c3sc3ccccc34)ccc3c4ccccc4c4ccc(-c5cccc6c5sc5ccccc56)c1c4c23.O=c1c2cccc3c4ccc(-c5cccc6c5oc5ccccc56)cc4c4cccc1c4c23.O=c1c2cccc3c4ccccc4c4ccc(-c5ccc6c7ccccc7n(-c7ccccc7)c6c5)c1c4c23. The van der Waals surface area contributed by atoms with E-state index in [-0.39, 0.29) is 16.3 Å². The molecular weight excluding hydrogens is 1480 g/mol. The molecule has 0 amide bonds. The van der Waals surface area contributed by atoms with E-state index in [0.29, 0.717) is 0 Å². The van der Waals surface area contributed by atoms with Crippen molar-refractivity contribution >= 4 is 236 Å². The summed E-state index contributed by atoms with van der Waals surface area (Å²) in [6.07, 6.45) is 0. The van der Waals surface area contributed by atoms with Gasteiger partial charge in [-0.3, -0.25) is 14.4 Å². The van der Waals surface area contributed by atoms with Crippen LogP contribution < -0.4 is 16.3 Å². The molecule has 4 aromatic heterocycles. The van der Waals surface area contributed by atoms with E-state index >= 15 is 4.79 Å². The van der Waals surface area contributed by atoms with Crippen molar-refractivity contribution in [3.63, 3.8) is 0 Å². The number of hydrogen-bond donors (Lipinski definition) is 0. The van der Waals surface area contributed by atoms with Gasteiger partial charge < -0.3 is 8.98 Å². The van der Waals surface area contributed by atoms with Crippen molar-refractivity contribution in [2.75, 3.05) is 0 Å². The van der Waals surface area contributed by atoms with E-state index in [1.54, 1.807) is 0 Å². The van der Waals surface area contributed by atoms with Gasteiger partial charge in [0.05, 0.1) is 11.0 Å². The van der Waals surface area contributed by atoms with Crippen LogP contribution in [0, 0.1) is 0 Å². The van der Waals surface area contributed by atoms with Crippen molar-refractivity contribution in [1.82, 2.24) is 4.57 Å². The lowest BCUT2D eigenvalue weighted by Gasteiger charge is -2.13. The topological polar surface area (TPSA) is 69.3 Å². The number of hydrogen-bond acceptors (Lipinski definition) is 6. The highest BCUT2D eigenvalue weighted by Gasteiger charge is 2.29. The van der Waals surface area contributed by atoms with E-state index in [1.807, 2.05) is 83.3 Å². The second-order valence-electron chi connectivity index (χ2n) is 31.5. The summed E-state index contributed by atoms with van der Waals surface area (Å²) in [4.78, 5) is 42.3. The van der Waals surface area contributed by atoms with Crippen LogP contribution in [-0.2, 0) is 0 Å². The standard InChI is InChI=1S/C43H22OS2.C37H21NO.C31H16O2/c44-41-39-29(33-15-7-13-31-25-11-3-5-17-35(25)45-42(31)33)21-19-27-23-9-1-2-10-24(23)28-20-22-30(40(41)38(28)37(27)39)34-16-8-14-32-26-12-4-6-18-36(26)46-43(32)34;39-37-31-15-8-14-29-25-11-4-5-12-26(25)30-20-19-24(36(37)35(30)34(29)31)22-17-18-28-27-13-6-7-16-32(27)38(33(28)21-22)23-9-2-1-3-10-23;32-30-24-11-4-8-21-19-15-14-17(16-26(19)22-9-5-12-25(30)29(22)28(21)24)18-7-3-10-23-20-6-1-2-13-27(20)33-31(18)23/h1-22H;1-21H;1-16H. The largest absolute Gasteiger partial charge is 0.455 e. The zero-order valence-corrected chi connectivity index (χ0v) is 64.6. The average Bonchev–Trinajstić information content (AvgIpc) is 1.53. The first kappa shape index (κ1) is 65.4. The molecule has 118 heavy (non-hydrogen) atoms. The summed E-state index contributed by atoms with van der Waals surface area (Å²) in [6, 6.07) is 126. The van der Waals surface area contributed by atoms with E-state index in [4.69, 9.17) is 4.42 Å². The molecule has 28 aromatic rings. The first-order valence-corrected chi connectivity index (χ1v) is 41.7.